The molecular weight excluding hydrogens is 337 g/mol. The molecule has 0 spiro atoms. The van der Waals surface area contributed by atoms with E-state index in [1.807, 2.05) is 6.92 Å². The molecule has 0 N–H and O–H groups in total. The minimum absolute atomic E-state index is 0.850. The molecule has 4 rings (SSSR count). The van der Waals surface area contributed by atoms with Crippen molar-refractivity contribution in [2.75, 3.05) is 0 Å². The van der Waals surface area contributed by atoms with E-state index in [1.165, 1.54) is 15.9 Å². The Morgan fingerprint density at radius 3 is 1.46 bits per heavy atom. The molecule has 0 fully saturated rings. The lowest BCUT2D eigenvalue weighted by molar-refractivity contribution is 0.392. The number of rotatable bonds is 5. The van der Waals surface area contributed by atoms with Crippen LogP contribution in [0.5, 0.6) is 0 Å². The number of nitrogens with zero attached hydrogens (tertiary/aromatic N) is 1. The molecule has 0 aliphatic heterocycles. The van der Waals surface area contributed by atoms with Gasteiger partial charge in [-0.2, -0.15) is 0 Å². The van der Waals surface area contributed by atoms with Crippen molar-refractivity contribution in [1.29, 1.82) is 0 Å². The topological polar surface area (TPSA) is 26.0 Å². The Hall–Kier alpha value is -2.70. The van der Waals surface area contributed by atoms with Gasteiger partial charge < -0.3 is 4.52 Å². The van der Waals surface area contributed by atoms with E-state index in [4.69, 9.17) is 4.52 Å². The Bertz CT molecular complexity index is 868. The van der Waals surface area contributed by atoms with Crippen molar-refractivity contribution in [2.45, 2.75) is 13.1 Å². The fraction of sp³-hybridized carbons (Fsp3) is 0.0870. The van der Waals surface area contributed by atoms with Crippen LogP contribution in [0.25, 0.3) is 0 Å². The number of aryl methyl sites for hydroxylation is 1. The van der Waals surface area contributed by atoms with E-state index in [0.717, 1.165) is 17.6 Å². The zero-order chi connectivity index (χ0) is 17.8. The largest absolute Gasteiger partial charge is 0.361 e. The molecular formula is C23H21NOP+. The second-order valence-electron chi connectivity index (χ2n) is 6.40. The molecule has 3 heteroatoms. The van der Waals surface area contributed by atoms with Gasteiger partial charge in [-0.25, -0.2) is 0 Å². The summed E-state index contributed by atoms with van der Waals surface area (Å²) in [5, 5.41) is 8.41. The van der Waals surface area contributed by atoms with Crippen molar-refractivity contribution in [3.05, 3.63) is 109 Å². The Morgan fingerprint density at radius 2 is 1.12 bits per heavy atom. The molecule has 0 saturated heterocycles. The van der Waals surface area contributed by atoms with Gasteiger partial charge in [-0.1, -0.05) is 59.8 Å². The van der Waals surface area contributed by atoms with E-state index in [9.17, 15) is 0 Å². The van der Waals surface area contributed by atoms with Gasteiger partial charge in [-0.3, -0.25) is 0 Å². The molecule has 0 aliphatic carbocycles. The van der Waals surface area contributed by atoms with Crippen LogP contribution in [0.15, 0.2) is 102 Å². The summed E-state index contributed by atoms with van der Waals surface area (Å²) in [5.74, 6) is 0.854. The van der Waals surface area contributed by atoms with Crippen LogP contribution in [-0.2, 0) is 6.16 Å². The molecule has 0 atom stereocenters. The number of aromatic nitrogens is 1. The highest BCUT2D eigenvalue weighted by Gasteiger charge is 2.46. The molecule has 0 bridgehead atoms. The lowest BCUT2D eigenvalue weighted by Gasteiger charge is -2.26. The first-order valence-corrected chi connectivity index (χ1v) is 10.7. The van der Waals surface area contributed by atoms with Crippen LogP contribution in [0.2, 0.25) is 0 Å². The van der Waals surface area contributed by atoms with E-state index in [0.29, 0.717) is 0 Å². The molecule has 3 aromatic carbocycles. The average molecular weight is 358 g/mol. The van der Waals surface area contributed by atoms with Gasteiger partial charge in [0, 0.05) is 6.07 Å². The molecule has 0 radical (unpaired) electrons. The maximum absolute atomic E-state index is 5.39. The van der Waals surface area contributed by atoms with E-state index in [2.05, 4.69) is 102 Å². The Balaban J connectivity index is 2.00. The van der Waals surface area contributed by atoms with Gasteiger partial charge in [0.1, 0.15) is 40.8 Å². The monoisotopic (exact) mass is 358 g/mol. The van der Waals surface area contributed by atoms with Gasteiger partial charge in [-0.05, 0) is 43.3 Å². The van der Waals surface area contributed by atoms with Crippen LogP contribution in [0.3, 0.4) is 0 Å². The number of hydrogen-bond acceptors (Lipinski definition) is 2. The number of benzene rings is 3. The minimum Gasteiger partial charge on any atom is -0.361 e. The second kappa shape index (κ2) is 7.27. The summed E-state index contributed by atoms with van der Waals surface area (Å²) in [7, 11) is -1.88. The predicted octanol–water partition coefficient (Wildman–Crippen LogP) is 4.48. The van der Waals surface area contributed by atoms with Gasteiger partial charge in [0.05, 0.1) is 0 Å². The third kappa shape index (κ3) is 3.09. The standard InChI is InChI=1S/C23H21NOP/c1-19-17-20(24-25-19)18-26(21-11-5-2-6-12-21,22-13-7-3-8-14-22)23-15-9-4-10-16-23/h2-17H,18H2,1H3/q+1. The van der Waals surface area contributed by atoms with Crippen molar-refractivity contribution in [3.8, 4) is 0 Å². The van der Waals surface area contributed by atoms with E-state index >= 15 is 0 Å². The van der Waals surface area contributed by atoms with Crippen LogP contribution < -0.4 is 15.9 Å². The fourth-order valence-corrected chi connectivity index (χ4v) is 7.62. The lowest BCUT2D eigenvalue weighted by Crippen LogP contribution is -2.32. The zero-order valence-corrected chi connectivity index (χ0v) is 15.6. The first kappa shape index (κ1) is 16.8. The first-order valence-electron chi connectivity index (χ1n) is 8.76. The van der Waals surface area contributed by atoms with E-state index < -0.39 is 7.26 Å². The second-order valence-corrected chi connectivity index (χ2v) is 9.89. The molecule has 2 nitrogen and oxygen atoms in total. The number of hydrogen-bond donors (Lipinski definition) is 0. The van der Waals surface area contributed by atoms with Gasteiger partial charge >= 0.3 is 0 Å². The van der Waals surface area contributed by atoms with Crippen molar-refractivity contribution in [1.82, 2.24) is 5.16 Å². The summed E-state index contributed by atoms with van der Waals surface area (Å²) in [6.45, 7) is 1.95. The van der Waals surface area contributed by atoms with Crippen LogP contribution in [0.4, 0.5) is 0 Å². The third-order valence-corrected chi connectivity index (χ3v) is 9.00. The van der Waals surface area contributed by atoms with Crippen molar-refractivity contribution >= 4 is 23.2 Å². The Morgan fingerprint density at radius 1 is 0.692 bits per heavy atom. The molecule has 1 heterocycles. The van der Waals surface area contributed by atoms with Crippen molar-refractivity contribution < 1.29 is 4.52 Å². The van der Waals surface area contributed by atoms with E-state index in [-0.39, 0.29) is 0 Å². The predicted molar refractivity (Wildman–Crippen MR) is 110 cm³/mol. The molecule has 128 valence electrons. The molecule has 0 unspecified atom stereocenters. The van der Waals surface area contributed by atoms with Crippen molar-refractivity contribution in [2.24, 2.45) is 0 Å². The SMILES string of the molecule is Cc1cc(C[P+](c2ccccc2)(c2ccccc2)c2ccccc2)no1. The summed E-state index contributed by atoms with van der Waals surface area (Å²) in [6, 6.07) is 34.6. The normalized spacial score (nSPS) is 11.4. The first-order chi connectivity index (χ1) is 12.8. The van der Waals surface area contributed by atoms with Crippen LogP contribution in [0.1, 0.15) is 11.5 Å². The van der Waals surface area contributed by atoms with Crippen LogP contribution in [0, 0.1) is 6.92 Å². The molecule has 0 saturated carbocycles. The highest BCUT2D eigenvalue weighted by Crippen LogP contribution is 2.57. The van der Waals surface area contributed by atoms with Crippen LogP contribution >= 0.6 is 7.26 Å². The van der Waals surface area contributed by atoms with Crippen LogP contribution in [-0.4, -0.2) is 5.16 Å². The summed E-state index contributed by atoms with van der Waals surface area (Å²) < 4.78 is 5.39. The summed E-state index contributed by atoms with van der Waals surface area (Å²) in [4.78, 5) is 0. The summed E-state index contributed by atoms with van der Waals surface area (Å²) in [6.07, 6.45) is 0.850. The van der Waals surface area contributed by atoms with Gasteiger partial charge in [-0.15, -0.1) is 0 Å². The van der Waals surface area contributed by atoms with E-state index in [1.54, 1.807) is 0 Å². The summed E-state index contributed by atoms with van der Waals surface area (Å²) in [5.41, 5.74) is 1.01. The molecule has 4 aromatic rings. The molecule has 0 aliphatic rings. The third-order valence-electron chi connectivity index (χ3n) is 4.67. The Labute approximate surface area is 154 Å². The average Bonchev–Trinajstić information content (AvgIpc) is 3.13. The van der Waals surface area contributed by atoms with Gasteiger partial charge in [0.2, 0.25) is 0 Å². The minimum atomic E-state index is -1.88. The highest BCUT2D eigenvalue weighted by molar-refractivity contribution is 7.95. The maximum Gasteiger partial charge on any atom is 0.134 e. The highest BCUT2D eigenvalue weighted by atomic mass is 31.2. The molecule has 26 heavy (non-hydrogen) atoms. The van der Waals surface area contributed by atoms with Gasteiger partial charge in [0.15, 0.2) is 0 Å². The molecule has 1 aromatic heterocycles. The molecule has 0 amide bonds. The van der Waals surface area contributed by atoms with Gasteiger partial charge in [0.25, 0.3) is 0 Å². The summed E-state index contributed by atoms with van der Waals surface area (Å²) >= 11 is 0. The maximum atomic E-state index is 5.39. The zero-order valence-electron chi connectivity index (χ0n) is 14.7. The smallest absolute Gasteiger partial charge is 0.134 e. The lowest BCUT2D eigenvalue weighted by atomic mass is 10.3. The van der Waals surface area contributed by atoms with Crippen molar-refractivity contribution in [3.63, 3.8) is 0 Å². The quantitative estimate of drug-likeness (QED) is 0.492. The Kier molecular flexibility index (Phi) is 4.69. The fourth-order valence-electron chi connectivity index (χ4n) is 3.50.